The summed E-state index contributed by atoms with van der Waals surface area (Å²) in [4.78, 5) is 22.7. The number of carbonyl (C=O) groups excluding carboxylic acids is 2. The Hall–Kier alpha value is -1.59. The quantitative estimate of drug-likeness (QED) is 0.755. The molecular formula is C14H20ClN3O2. The minimum absolute atomic E-state index is 0.130. The second-order valence-electron chi connectivity index (χ2n) is 4.68. The number of anilines is 2. The van der Waals surface area contributed by atoms with Crippen molar-refractivity contribution >= 4 is 34.8 Å². The summed E-state index contributed by atoms with van der Waals surface area (Å²) in [6.45, 7) is 3.43. The molecular weight excluding hydrogens is 278 g/mol. The number of halogens is 1. The van der Waals surface area contributed by atoms with Crippen molar-refractivity contribution in [2.24, 2.45) is 5.73 Å². The molecule has 0 aliphatic rings. The minimum atomic E-state index is -0.200. The van der Waals surface area contributed by atoms with Gasteiger partial charge in [0.2, 0.25) is 11.8 Å². The van der Waals surface area contributed by atoms with E-state index in [0.29, 0.717) is 16.4 Å². The third kappa shape index (κ3) is 5.59. The van der Waals surface area contributed by atoms with Crippen LogP contribution in [0, 0.1) is 0 Å². The van der Waals surface area contributed by atoms with Gasteiger partial charge in [0, 0.05) is 25.1 Å². The van der Waals surface area contributed by atoms with Crippen LogP contribution in [0.1, 0.15) is 33.1 Å². The summed E-state index contributed by atoms with van der Waals surface area (Å²) in [5.74, 6) is -0.344. The summed E-state index contributed by atoms with van der Waals surface area (Å²) in [6, 6.07) is 4.79. The van der Waals surface area contributed by atoms with Gasteiger partial charge in [-0.05, 0) is 24.6 Å². The summed E-state index contributed by atoms with van der Waals surface area (Å²) < 4.78 is 0. The molecule has 0 aliphatic carbocycles. The van der Waals surface area contributed by atoms with Crippen LogP contribution in [0.15, 0.2) is 18.2 Å². The molecule has 0 saturated carbocycles. The Kier molecular flexibility index (Phi) is 6.48. The molecule has 0 spiro atoms. The van der Waals surface area contributed by atoms with Crippen molar-refractivity contribution < 1.29 is 9.59 Å². The lowest BCUT2D eigenvalue weighted by Crippen LogP contribution is -2.26. The molecule has 0 aromatic heterocycles. The molecule has 1 aromatic carbocycles. The molecule has 4 N–H and O–H groups in total. The fourth-order valence-corrected chi connectivity index (χ4v) is 2.03. The maximum absolute atomic E-state index is 11.8. The highest BCUT2D eigenvalue weighted by molar-refractivity contribution is 6.34. The Bertz CT molecular complexity index is 491. The number of hydrogen-bond donors (Lipinski definition) is 3. The fraction of sp³-hybridized carbons (Fsp3) is 0.429. The van der Waals surface area contributed by atoms with E-state index in [-0.39, 0.29) is 24.3 Å². The van der Waals surface area contributed by atoms with E-state index in [1.165, 1.54) is 6.92 Å². The fourth-order valence-electron chi connectivity index (χ4n) is 1.81. The maximum Gasteiger partial charge on any atom is 0.225 e. The Morgan fingerprint density at radius 3 is 2.60 bits per heavy atom. The molecule has 20 heavy (non-hydrogen) atoms. The number of hydrogen-bond acceptors (Lipinski definition) is 3. The second kappa shape index (κ2) is 7.87. The van der Waals surface area contributed by atoms with Crippen molar-refractivity contribution in [3.63, 3.8) is 0 Å². The average molecular weight is 298 g/mol. The van der Waals surface area contributed by atoms with Crippen molar-refractivity contribution in [3.05, 3.63) is 23.2 Å². The standard InChI is InChI=1S/C14H20ClN3O2/c1-3-4-10(16)7-14(20)18-11-5-6-13(12(15)8-11)17-9(2)19/h5-6,8,10H,3-4,7,16H2,1-2H3,(H,17,19)(H,18,20). The molecule has 6 heteroatoms. The number of nitrogens with two attached hydrogens (primary N) is 1. The first kappa shape index (κ1) is 16.5. The normalized spacial score (nSPS) is 11.8. The molecule has 110 valence electrons. The number of carbonyl (C=O) groups is 2. The Balaban J connectivity index is 2.62. The van der Waals surface area contributed by atoms with Gasteiger partial charge in [-0.15, -0.1) is 0 Å². The van der Waals surface area contributed by atoms with Crippen LogP contribution in [0.2, 0.25) is 5.02 Å². The van der Waals surface area contributed by atoms with E-state index in [2.05, 4.69) is 10.6 Å². The highest BCUT2D eigenvalue weighted by atomic mass is 35.5. The largest absolute Gasteiger partial charge is 0.327 e. The Morgan fingerprint density at radius 1 is 1.35 bits per heavy atom. The van der Waals surface area contributed by atoms with E-state index >= 15 is 0 Å². The van der Waals surface area contributed by atoms with Crippen LogP contribution in [0.25, 0.3) is 0 Å². The van der Waals surface area contributed by atoms with Crippen LogP contribution in [-0.2, 0) is 9.59 Å². The average Bonchev–Trinajstić information content (AvgIpc) is 2.32. The van der Waals surface area contributed by atoms with Crippen LogP contribution in [0.3, 0.4) is 0 Å². The van der Waals surface area contributed by atoms with Gasteiger partial charge in [0.05, 0.1) is 10.7 Å². The van der Waals surface area contributed by atoms with Crippen LogP contribution in [0.4, 0.5) is 11.4 Å². The number of nitrogens with one attached hydrogen (secondary N) is 2. The van der Waals surface area contributed by atoms with Gasteiger partial charge in [0.15, 0.2) is 0 Å². The number of amides is 2. The summed E-state index contributed by atoms with van der Waals surface area (Å²) in [5, 5.41) is 5.71. The first-order valence-corrected chi connectivity index (χ1v) is 6.92. The first-order chi connectivity index (χ1) is 9.42. The maximum atomic E-state index is 11.8. The van der Waals surface area contributed by atoms with Gasteiger partial charge in [0.1, 0.15) is 0 Å². The number of rotatable bonds is 6. The summed E-state index contributed by atoms with van der Waals surface area (Å²) in [6.07, 6.45) is 2.04. The highest BCUT2D eigenvalue weighted by Gasteiger charge is 2.10. The van der Waals surface area contributed by atoms with Crippen LogP contribution < -0.4 is 16.4 Å². The van der Waals surface area contributed by atoms with E-state index in [9.17, 15) is 9.59 Å². The predicted octanol–water partition coefficient (Wildman–Crippen LogP) is 2.75. The van der Waals surface area contributed by atoms with Crippen molar-refractivity contribution in [2.45, 2.75) is 39.2 Å². The summed E-state index contributed by atoms with van der Waals surface area (Å²) in [5.41, 5.74) is 6.91. The molecule has 2 amide bonds. The van der Waals surface area contributed by atoms with Gasteiger partial charge in [0.25, 0.3) is 0 Å². The smallest absolute Gasteiger partial charge is 0.225 e. The second-order valence-corrected chi connectivity index (χ2v) is 5.08. The third-order valence-corrected chi connectivity index (χ3v) is 2.98. The number of benzene rings is 1. The van der Waals surface area contributed by atoms with Gasteiger partial charge >= 0.3 is 0 Å². The molecule has 0 heterocycles. The zero-order chi connectivity index (χ0) is 15.1. The topological polar surface area (TPSA) is 84.2 Å². The van der Waals surface area contributed by atoms with Crippen molar-refractivity contribution in [1.29, 1.82) is 0 Å². The van der Waals surface area contributed by atoms with Crippen molar-refractivity contribution in [2.75, 3.05) is 10.6 Å². The Morgan fingerprint density at radius 2 is 2.05 bits per heavy atom. The van der Waals surface area contributed by atoms with Crippen LogP contribution >= 0.6 is 11.6 Å². The highest BCUT2D eigenvalue weighted by Crippen LogP contribution is 2.25. The van der Waals surface area contributed by atoms with Gasteiger partial charge in [-0.2, -0.15) is 0 Å². The monoisotopic (exact) mass is 297 g/mol. The zero-order valence-electron chi connectivity index (χ0n) is 11.7. The Labute approximate surface area is 123 Å². The van der Waals surface area contributed by atoms with Crippen LogP contribution in [0.5, 0.6) is 0 Å². The lowest BCUT2D eigenvalue weighted by atomic mass is 10.1. The minimum Gasteiger partial charge on any atom is -0.327 e. The molecule has 1 aromatic rings. The molecule has 1 rings (SSSR count). The lowest BCUT2D eigenvalue weighted by Gasteiger charge is -2.12. The van der Waals surface area contributed by atoms with E-state index in [4.69, 9.17) is 17.3 Å². The van der Waals surface area contributed by atoms with Crippen LogP contribution in [-0.4, -0.2) is 17.9 Å². The SMILES string of the molecule is CCCC(N)CC(=O)Nc1ccc(NC(C)=O)c(Cl)c1. The predicted molar refractivity (Wildman–Crippen MR) is 81.9 cm³/mol. The zero-order valence-corrected chi connectivity index (χ0v) is 12.5. The molecule has 1 atom stereocenters. The molecule has 5 nitrogen and oxygen atoms in total. The molecule has 0 radical (unpaired) electrons. The lowest BCUT2D eigenvalue weighted by molar-refractivity contribution is -0.116. The summed E-state index contributed by atoms with van der Waals surface area (Å²) in [7, 11) is 0. The van der Waals surface area contributed by atoms with Gasteiger partial charge < -0.3 is 16.4 Å². The van der Waals surface area contributed by atoms with Gasteiger partial charge in [-0.3, -0.25) is 9.59 Å². The first-order valence-electron chi connectivity index (χ1n) is 6.55. The van der Waals surface area contributed by atoms with E-state index in [0.717, 1.165) is 12.8 Å². The van der Waals surface area contributed by atoms with E-state index < -0.39 is 0 Å². The van der Waals surface area contributed by atoms with Gasteiger partial charge in [-0.1, -0.05) is 24.9 Å². The molecule has 0 saturated heterocycles. The van der Waals surface area contributed by atoms with E-state index in [1.807, 2.05) is 6.92 Å². The van der Waals surface area contributed by atoms with Crippen molar-refractivity contribution in [3.8, 4) is 0 Å². The van der Waals surface area contributed by atoms with Gasteiger partial charge in [-0.25, -0.2) is 0 Å². The van der Waals surface area contributed by atoms with Crippen molar-refractivity contribution in [1.82, 2.24) is 0 Å². The van der Waals surface area contributed by atoms with E-state index in [1.54, 1.807) is 18.2 Å². The summed E-state index contributed by atoms with van der Waals surface area (Å²) >= 11 is 6.02. The molecule has 1 unspecified atom stereocenters. The molecule has 0 fully saturated rings. The third-order valence-electron chi connectivity index (χ3n) is 2.67. The molecule has 0 bridgehead atoms. The molecule has 0 aliphatic heterocycles.